The van der Waals surface area contributed by atoms with Gasteiger partial charge in [0.15, 0.2) is 0 Å². The third-order valence-corrected chi connectivity index (χ3v) is 6.05. The van der Waals surface area contributed by atoms with Gasteiger partial charge in [-0.1, -0.05) is 0 Å². The van der Waals surface area contributed by atoms with Crippen LogP contribution in [0.1, 0.15) is 36.1 Å². The molecule has 1 N–H and O–H groups in total. The number of aromatic nitrogens is 4. The van der Waals surface area contributed by atoms with Crippen LogP contribution in [0.5, 0.6) is 0 Å². The van der Waals surface area contributed by atoms with Gasteiger partial charge >= 0.3 is 0 Å². The van der Waals surface area contributed by atoms with Crippen LogP contribution < -0.4 is 0 Å². The predicted octanol–water partition coefficient (Wildman–Crippen LogP) is 1.43. The van der Waals surface area contributed by atoms with E-state index in [1.165, 1.54) is 8.61 Å². The first kappa shape index (κ1) is 17.0. The molecule has 24 heavy (non-hydrogen) atoms. The molecule has 3 heterocycles. The van der Waals surface area contributed by atoms with Gasteiger partial charge in [-0.3, -0.25) is 5.10 Å². The van der Waals surface area contributed by atoms with Crippen LogP contribution in [0.3, 0.4) is 0 Å². The Morgan fingerprint density at radius 2 is 1.96 bits per heavy atom. The van der Waals surface area contributed by atoms with Gasteiger partial charge in [-0.2, -0.15) is 22.1 Å². The Labute approximate surface area is 142 Å². The third-order valence-electron chi connectivity index (χ3n) is 4.10. The summed E-state index contributed by atoms with van der Waals surface area (Å²) in [6, 6.07) is 3.43. The van der Waals surface area contributed by atoms with Crippen LogP contribution in [-0.2, 0) is 10.2 Å². The van der Waals surface area contributed by atoms with Crippen molar-refractivity contribution in [3.05, 3.63) is 29.3 Å². The van der Waals surface area contributed by atoms with E-state index in [0.717, 1.165) is 29.9 Å². The SMILES string of the molecule is Cc1cc(-c2cc(C)[nH]n2)nc(C2CCCN2S(=O)(=O)N(C)C)n1. The molecule has 0 bridgehead atoms. The van der Waals surface area contributed by atoms with Crippen molar-refractivity contribution in [2.24, 2.45) is 0 Å². The lowest BCUT2D eigenvalue weighted by atomic mass is 10.2. The molecule has 0 spiro atoms. The molecule has 9 heteroatoms. The Bertz CT molecular complexity index is 845. The molecule has 0 aromatic carbocycles. The largest absolute Gasteiger partial charge is 0.282 e. The fraction of sp³-hybridized carbons (Fsp3) is 0.533. The van der Waals surface area contributed by atoms with E-state index in [0.29, 0.717) is 18.1 Å². The highest BCUT2D eigenvalue weighted by Crippen LogP contribution is 2.34. The molecule has 1 aliphatic heterocycles. The Morgan fingerprint density at radius 1 is 1.21 bits per heavy atom. The normalized spacial score (nSPS) is 19.3. The summed E-state index contributed by atoms with van der Waals surface area (Å²) in [5.41, 5.74) is 3.18. The monoisotopic (exact) mass is 350 g/mol. The summed E-state index contributed by atoms with van der Waals surface area (Å²) in [6.07, 6.45) is 1.52. The van der Waals surface area contributed by atoms with Gasteiger partial charge in [0.2, 0.25) is 0 Å². The average molecular weight is 350 g/mol. The first-order chi connectivity index (χ1) is 11.3. The number of aromatic amines is 1. The third kappa shape index (κ3) is 3.06. The number of rotatable bonds is 4. The van der Waals surface area contributed by atoms with Crippen LogP contribution in [0, 0.1) is 13.8 Å². The molecule has 0 saturated carbocycles. The van der Waals surface area contributed by atoms with E-state index in [1.54, 1.807) is 14.1 Å². The summed E-state index contributed by atoms with van der Waals surface area (Å²) < 4.78 is 27.8. The molecular weight excluding hydrogens is 328 g/mol. The summed E-state index contributed by atoms with van der Waals surface area (Å²) in [7, 11) is -0.412. The minimum absolute atomic E-state index is 0.337. The highest BCUT2D eigenvalue weighted by atomic mass is 32.2. The van der Waals surface area contributed by atoms with Crippen molar-refractivity contribution in [3.63, 3.8) is 0 Å². The minimum Gasteiger partial charge on any atom is -0.282 e. The summed E-state index contributed by atoms with van der Waals surface area (Å²) in [5, 5.41) is 7.14. The van der Waals surface area contributed by atoms with E-state index in [9.17, 15) is 8.42 Å². The molecule has 1 aliphatic rings. The maximum absolute atomic E-state index is 12.5. The fourth-order valence-electron chi connectivity index (χ4n) is 2.91. The summed E-state index contributed by atoms with van der Waals surface area (Å²) in [6.45, 7) is 4.29. The molecule has 8 nitrogen and oxygen atoms in total. The van der Waals surface area contributed by atoms with Crippen LogP contribution in [0.4, 0.5) is 0 Å². The van der Waals surface area contributed by atoms with Gasteiger partial charge in [-0.25, -0.2) is 9.97 Å². The molecule has 1 atom stereocenters. The second-order valence-electron chi connectivity index (χ2n) is 6.25. The van der Waals surface area contributed by atoms with Gasteiger partial charge in [0.1, 0.15) is 11.5 Å². The zero-order valence-corrected chi connectivity index (χ0v) is 15.1. The number of aryl methyl sites for hydroxylation is 2. The highest BCUT2D eigenvalue weighted by Gasteiger charge is 2.38. The van der Waals surface area contributed by atoms with E-state index >= 15 is 0 Å². The number of H-pyrrole nitrogens is 1. The summed E-state index contributed by atoms with van der Waals surface area (Å²) in [5.74, 6) is 0.536. The zero-order valence-electron chi connectivity index (χ0n) is 14.3. The first-order valence-electron chi connectivity index (χ1n) is 7.86. The van der Waals surface area contributed by atoms with E-state index in [4.69, 9.17) is 0 Å². The Kier molecular flexibility index (Phi) is 4.41. The highest BCUT2D eigenvalue weighted by molar-refractivity contribution is 7.86. The van der Waals surface area contributed by atoms with E-state index in [1.807, 2.05) is 26.0 Å². The Morgan fingerprint density at radius 3 is 2.58 bits per heavy atom. The maximum Gasteiger partial charge on any atom is 0.282 e. The van der Waals surface area contributed by atoms with Crippen LogP contribution in [0.25, 0.3) is 11.4 Å². The smallest absolute Gasteiger partial charge is 0.282 e. The van der Waals surface area contributed by atoms with Crippen LogP contribution >= 0.6 is 0 Å². The van der Waals surface area contributed by atoms with Gasteiger partial charge in [0, 0.05) is 32.0 Å². The van der Waals surface area contributed by atoms with Gasteiger partial charge in [0.25, 0.3) is 10.2 Å². The minimum atomic E-state index is -3.50. The van der Waals surface area contributed by atoms with Crippen molar-refractivity contribution < 1.29 is 8.42 Å². The Balaban J connectivity index is 2.01. The lowest BCUT2D eigenvalue weighted by molar-refractivity contribution is 0.352. The molecule has 0 aliphatic carbocycles. The number of nitrogens with one attached hydrogen (secondary N) is 1. The summed E-state index contributed by atoms with van der Waals surface area (Å²) >= 11 is 0. The molecule has 1 unspecified atom stereocenters. The van der Waals surface area contributed by atoms with Crippen LogP contribution in [0.15, 0.2) is 12.1 Å². The van der Waals surface area contributed by atoms with E-state index in [-0.39, 0.29) is 6.04 Å². The predicted molar refractivity (Wildman–Crippen MR) is 90.4 cm³/mol. The molecule has 1 saturated heterocycles. The van der Waals surface area contributed by atoms with Gasteiger partial charge in [0.05, 0.1) is 11.7 Å². The molecule has 1 fully saturated rings. The van der Waals surface area contributed by atoms with Gasteiger partial charge in [-0.15, -0.1) is 0 Å². The number of hydrogen-bond donors (Lipinski definition) is 1. The topological polar surface area (TPSA) is 95.1 Å². The lowest BCUT2D eigenvalue weighted by Crippen LogP contribution is -2.40. The molecule has 3 rings (SSSR count). The van der Waals surface area contributed by atoms with Crippen molar-refractivity contribution in [1.82, 2.24) is 28.8 Å². The average Bonchev–Trinajstić information content (AvgIpc) is 3.15. The number of hydrogen-bond acceptors (Lipinski definition) is 5. The standard InChI is InChI=1S/C15H22N6O2S/c1-10-8-12(13-9-11(2)18-19-13)17-15(16-10)14-6-5-7-21(14)24(22,23)20(3)4/h8-9,14H,5-7H2,1-4H3,(H,18,19). The van der Waals surface area contributed by atoms with Crippen molar-refractivity contribution in [2.45, 2.75) is 32.7 Å². The fourth-order valence-corrected chi connectivity index (χ4v) is 4.21. The Hall–Kier alpha value is -1.84. The molecule has 2 aromatic rings. The van der Waals surface area contributed by atoms with Gasteiger partial charge in [-0.05, 0) is 38.8 Å². The first-order valence-corrected chi connectivity index (χ1v) is 9.26. The zero-order chi connectivity index (χ0) is 17.5. The quantitative estimate of drug-likeness (QED) is 0.900. The second-order valence-corrected chi connectivity index (χ2v) is 8.34. The van der Waals surface area contributed by atoms with E-state index < -0.39 is 10.2 Å². The second kappa shape index (κ2) is 6.23. The van der Waals surface area contributed by atoms with Crippen LogP contribution in [-0.4, -0.2) is 57.8 Å². The molecule has 0 amide bonds. The van der Waals surface area contributed by atoms with Gasteiger partial charge < -0.3 is 0 Å². The number of nitrogens with zero attached hydrogens (tertiary/aromatic N) is 5. The van der Waals surface area contributed by atoms with Crippen molar-refractivity contribution >= 4 is 10.2 Å². The lowest BCUT2D eigenvalue weighted by Gasteiger charge is -2.26. The molecule has 2 aromatic heterocycles. The van der Waals surface area contributed by atoms with Crippen molar-refractivity contribution in [1.29, 1.82) is 0 Å². The van der Waals surface area contributed by atoms with Crippen molar-refractivity contribution in [3.8, 4) is 11.4 Å². The van der Waals surface area contributed by atoms with E-state index in [2.05, 4.69) is 20.2 Å². The van der Waals surface area contributed by atoms with Crippen molar-refractivity contribution in [2.75, 3.05) is 20.6 Å². The van der Waals surface area contributed by atoms with Crippen LogP contribution in [0.2, 0.25) is 0 Å². The summed E-state index contributed by atoms with van der Waals surface area (Å²) in [4.78, 5) is 9.10. The molecule has 0 radical (unpaired) electrons. The molecular formula is C15H22N6O2S. The molecule has 130 valence electrons. The maximum atomic E-state index is 12.5.